The summed E-state index contributed by atoms with van der Waals surface area (Å²) in [5, 5.41) is 0. The maximum absolute atomic E-state index is 4.28. The number of unbranched alkanes of at least 4 members (excludes halogenated alkanes) is 1. The van der Waals surface area contributed by atoms with Crippen LogP contribution in [-0.4, -0.2) is 22.3 Å². The lowest BCUT2D eigenvalue weighted by molar-refractivity contribution is 0.808. The first-order chi connectivity index (χ1) is 5.84. The largest absolute Gasteiger partial charge is 0.333 e. The van der Waals surface area contributed by atoms with E-state index in [-0.39, 0.29) is 0 Å². The van der Waals surface area contributed by atoms with Crippen LogP contribution in [0.1, 0.15) is 25.5 Å². The average Bonchev–Trinajstić information content (AvgIpc) is 2.46. The number of aryl methyl sites for hydroxylation is 1. The molecule has 12 heavy (non-hydrogen) atoms. The van der Waals surface area contributed by atoms with Gasteiger partial charge >= 0.3 is 0 Å². The standard InChI is InChI=1S/C9H15N3/c1-3-4-5-10-6-9-7-11-8-12(9)2/h6-8H,3-5H2,1-2H3. The Balaban J connectivity index is 2.41. The molecule has 1 aromatic rings. The highest BCUT2D eigenvalue weighted by atomic mass is 15.0. The van der Waals surface area contributed by atoms with E-state index in [0.29, 0.717) is 0 Å². The summed E-state index contributed by atoms with van der Waals surface area (Å²) in [5.74, 6) is 0. The predicted molar refractivity (Wildman–Crippen MR) is 50.6 cm³/mol. The minimum Gasteiger partial charge on any atom is -0.333 e. The third-order valence-electron chi connectivity index (χ3n) is 1.72. The quantitative estimate of drug-likeness (QED) is 0.492. The first kappa shape index (κ1) is 8.97. The van der Waals surface area contributed by atoms with Crippen LogP contribution >= 0.6 is 0 Å². The molecule has 1 rings (SSSR count). The van der Waals surface area contributed by atoms with E-state index in [9.17, 15) is 0 Å². The van der Waals surface area contributed by atoms with Crippen LogP contribution in [0.4, 0.5) is 0 Å². The van der Waals surface area contributed by atoms with Crippen molar-refractivity contribution in [1.82, 2.24) is 9.55 Å². The summed E-state index contributed by atoms with van der Waals surface area (Å²) >= 11 is 0. The fraction of sp³-hybridized carbons (Fsp3) is 0.556. The Morgan fingerprint density at radius 2 is 2.50 bits per heavy atom. The minimum atomic E-state index is 0.918. The summed E-state index contributed by atoms with van der Waals surface area (Å²) in [7, 11) is 1.97. The molecule has 0 atom stereocenters. The molecule has 0 amide bonds. The molecule has 1 heterocycles. The number of hydrogen-bond acceptors (Lipinski definition) is 2. The summed E-state index contributed by atoms with van der Waals surface area (Å²) in [6.45, 7) is 3.08. The number of imidazole rings is 1. The topological polar surface area (TPSA) is 30.2 Å². The van der Waals surface area contributed by atoms with Crippen LogP contribution in [0.5, 0.6) is 0 Å². The van der Waals surface area contributed by atoms with E-state index in [2.05, 4.69) is 16.9 Å². The van der Waals surface area contributed by atoms with Crippen LogP contribution in [-0.2, 0) is 7.05 Å². The minimum absolute atomic E-state index is 0.918. The molecule has 66 valence electrons. The van der Waals surface area contributed by atoms with Crippen molar-refractivity contribution in [2.75, 3.05) is 6.54 Å². The van der Waals surface area contributed by atoms with Crippen LogP contribution in [0.15, 0.2) is 17.5 Å². The van der Waals surface area contributed by atoms with Crippen molar-refractivity contribution in [3.05, 3.63) is 18.2 Å². The fourth-order valence-corrected chi connectivity index (χ4v) is 0.899. The highest BCUT2D eigenvalue weighted by Crippen LogP contribution is 1.92. The second kappa shape index (κ2) is 4.70. The number of nitrogens with zero attached hydrogens (tertiary/aromatic N) is 3. The van der Waals surface area contributed by atoms with Gasteiger partial charge in [-0.25, -0.2) is 4.98 Å². The lowest BCUT2D eigenvalue weighted by atomic mass is 10.3. The molecule has 0 bridgehead atoms. The van der Waals surface area contributed by atoms with Crippen LogP contribution < -0.4 is 0 Å². The molecular weight excluding hydrogens is 150 g/mol. The van der Waals surface area contributed by atoms with Gasteiger partial charge in [-0.05, 0) is 6.42 Å². The molecule has 0 unspecified atom stereocenters. The molecule has 0 fully saturated rings. The lowest BCUT2D eigenvalue weighted by Crippen LogP contribution is -1.93. The zero-order valence-corrected chi connectivity index (χ0v) is 7.70. The van der Waals surface area contributed by atoms with Crippen molar-refractivity contribution in [2.24, 2.45) is 12.0 Å². The third kappa shape index (κ3) is 2.49. The molecule has 0 aliphatic heterocycles. The molecule has 3 heteroatoms. The van der Waals surface area contributed by atoms with Crippen molar-refractivity contribution < 1.29 is 0 Å². The van der Waals surface area contributed by atoms with Gasteiger partial charge in [0, 0.05) is 19.8 Å². The van der Waals surface area contributed by atoms with Crippen molar-refractivity contribution in [2.45, 2.75) is 19.8 Å². The first-order valence-corrected chi connectivity index (χ1v) is 4.30. The SMILES string of the molecule is CCCCN=Cc1cncn1C. The zero-order chi connectivity index (χ0) is 8.81. The van der Waals surface area contributed by atoms with Crippen molar-refractivity contribution in [3.8, 4) is 0 Å². The summed E-state index contributed by atoms with van der Waals surface area (Å²) in [4.78, 5) is 8.27. The van der Waals surface area contributed by atoms with E-state index in [1.807, 2.05) is 24.0 Å². The van der Waals surface area contributed by atoms with Gasteiger partial charge in [-0.1, -0.05) is 13.3 Å². The molecule has 0 aromatic carbocycles. The Bertz CT molecular complexity index is 250. The maximum atomic E-state index is 4.28. The number of hydrogen-bond donors (Lipinski definition) is 0. The van der Waals surface area contributed by atoms with Gasteiger partial charge in [-0.15, -0.1) is 0 Å². The van der Waals surface area contributed by atoms with Crippen LogP contribution in [0.2, 0.25) is 0 Å². The Hall–Kier alpha value is -1.12. The lowest BCUT2D eigenvalue weighted by Gasteiger charge is -1.93. The van der Waals surface area contributed by atoms with E-state index in [0.717, 1.165) is 18.7 Å². The Labute approximate surface area is 73.2 Å². The van der Waals surface area contributed by atoms with Crippen molar-refractivity contribution >= 4 is 6.21 Å². The molecule has 0 N–H and O–H groups in total. The van der Waals surface area contributed by atoms with Crippen molar-refractivity contribution in [1.29, 1.82) is 0 Å². The monoisotopic (exact) mass is 165 g/mol. The number of aliphatic imine (C=N–C) groups is 1. The molecule has 1 aromatic heterocycles. The van der Waals surface area contributed by atoms with E-state index >= 15 is 0 Å². The molecular formula is C9H15N3. The maximum Gasteiger partial charge on any atom is 0.0948 e. The highest BCUT2D eigenvalue weighted by Gasteiger charge is 1.90. The Kier molecular flexibility index (Phi) is 3.51. The normalized spacial score (nSPS) is 11.2. The van der Waals surface area contributed by atoms with E-state index < -0.39 is 0 Å². The summed E-state index contributed by atoms with van der Waals surface area (Å²) in [6, 6.07) is 0. The Morgan fingerprint density at radius 1 is 1.67 bits per heavy atom. The summed E-state index contributed by atoms with van der Waals surface area (Å²) in [6.07, 6.45) is 7.83. The molecule has 0 aliphatic rings. The van der Waals surface area contributed by atoms with Gasteiger partial charge in [-0.2, -0.15) is 0 Å². The average molecular weight is 165 g/mol. The van der Waals surface area contributed by atoms with Gasteiger partial charge < -0.3 is 4.57 Å². The number of rotatable bonds is 4. The molecule has 0 saturated carbocycles. The number of aromatic nitrogens is 2. The smallest absolute Gasteiger partial charge is 0.0948 e. The summed E-state index contributed by atoms with van der Waals surface area (Å²) in [5.41, 5.74) is 1.06. The van der Waals surface area contributed by atoms with Gasteiger partial charge in [0.2, 0.25) is 0 Å². The van der Waals surface area contributed by atoms with Gasteiger partial charge in [0.05, 0.1) is 18.2 Å². The first-order valence-electron chi connectivity index (χ1n) is 4.30. The van der Waals surface area contributed by atoms with Crippen molar-refractivity contribution in [3.63, 3.8) is 0 Å². The molecule has 0 saturated heterocycles. The van der Waals surface area contributed by atoms with E-state index in [1.54, 1.807) is 6.33 Å². The zero-order valence-electron chi connectivity index (χ0n) is 7.70. The molecule has 0 spiro atoms. The van der Waals surface area contributed by atoms with Crippen LogP contribution in [0.25, 0.3) is 0 Å². The van der Waals surface area contributed by atoms with Gasteiger partial charge in [0.25, 0.3) is 0 Å². The molecule has 0 aliphatic carbocycles. The van der Waals surface area contributed by atoms with Gasteiger partial charge in [-0.3, -0.25) is 4.99 Å². The predicted octanol–water partition coefficient (Wildman–Crippen LogP) is 1.64. The van der Waals surface area contributed by atoms with Gasteiger partial charge in [0.15, 0.2) is 0 Å². The van der Waals surface area contributed by atoms with Gasteiger partial charge in [0.1, 0.15) is 0 Å². The fourth-order valence-electron chi connectivity index (χ4n) is 0.899. The van der Waals surface area contributed by atoms with E-state index in [1.165, 1.54) is 6.42 Å². The Morgan fingerprint density at radius 3 is 3.08 bits per heavy atom. The van der Waals surface area contributed by atoms with Crippen LogP contribution in [0, 0.1) is 0 Å². The molecule has 0 radical (unpaired) electrons. The van der Waals surface area contributed by atoms with Crippen LogP contribution in [0.3, 0.4) is 0 Å². The highest BCUT2D eigenvalue weighted by molar-refractivity contribution is 5.76. The van der Waals surface area contributed by atoms with E-state index in [4.69, 9.17) is 0 Å². The second-order valence-corrected chi connectivity index (χ2v) is 2.82. The summed E-state index contributed by atoms with van der Waals surface area (Å²) < 4.78 is 1.95. The second-order valence-electron chi connectivity index (χ2n) is 2.82. The third-order valence-corrected chi connectivity index (χ3v) is 1.72. The molecule has 3 nitrogen and oxygen atoms in total.